The highest BCUT2D eigenvalue weighted by molar-refractivity contribution is 6.30. The van der Waals surface area contributed by atoms with Crippen LogP contribution >= 0.6 is 11.6 Å². The zero-order valence-corrected chi connectivity index (χ0v) is 14.9. The van der Waals surface area contributed by atoms with Gasteiger partial charge in [-0.15, -0.1) is 0 Å². The Hall–Kier alpha value is -2.24. The lowest BCUT2D eigenvalue weighted by atomic mass is 9.92. The number of hydrogen-bond donors (Lipinski definition) is 1. The van der Waals surface area contributed by atoms with Crippen molar-refractivity contribution in [3.05, 3.63) is 64.9 Å². The van der Waals surface area contributed by atoms with Gasteiger partial charge in [0.05, 0.1) is 5.02 Å². The van der Waals surface area contributed by atoms with Crippen LogP contribution in [-0.4, -0.2) is 28.9 Å². The molecule has 0 radical (unpaired) electrons. The molecule has 1 aliphatic rings. The number of aliphatic hydroxyl groups is 1. The SMILES string of the molecule is O=C(CCCc1cccc(Cl)c1F)[C@@]1(O)CCN(c2ccccc2)C1=O. The molecule has 0 spiro atoms. The minimum Gasteiger partial charge on any atom is -0.373 e. The van der Waals surface area contributed by atoms with E-state index in [1.165, 1.54) is 11.0 Å². The summed E-state index contributed by atoms with van der Waals surface area (Å²) in [4.78, 5) is 26.5. The molecule has 1 atom stereocenters. The van der Waals surface area contributed by atoms with Crippen LogP contribution in [0.25, 0.3) is 0 Å². The third kappa shape index (κ3) is 3.50. The van der Waals surface area contributed by atoms with Gasteiger partial charge in [-0.25, -0.2) is 4.39 Å². The molecule has 136 valence electrons. The van der Waals surface area contributed by atoms with Crippen LogP contribution in [0.5, 0.6) is 0 Å². The van der Waals surface area contributed by atoms with E-state index >= 15 is 0 Å². The Morgan fingerprint density at radius 3 is 2.65 bits per heavy atom. The van der Waals surface area contributed by atoms with Crippen molar-refractivity contribution in [2.45, 2.75) is 31.3 Å². The molecule has 1 aliphatic heterocycles. The summed E-state index contributed by atoms with van der Waals surface area (Å²) >= 11 is 5.74. The zero-order chi connectivity index (χ0) is 18.7. The summed E-state index contributed by atoms with van der Waals surface area (Å²) in [5.74, 6) is -1.61. The highest BCUT2D eigenvalue weighted by Gasteiger charge is 2.50. The lowest BCUT2D eigenvalue weighted by molar-refractivity contribution is -0.147. The monoisotopic (exact) mass is 375 g/mol. The molecular weight excluding hydrogens is 357 g/mol. The van der Waals surface area contributed by atoms with Crippen molar-refractivity contribution in [2.75, 3.05) is 11.4 Å². The van der Waals surface area contributed by atoms with Gasteiger partial charge in [-0.05, 0) is 36.6 Å². The summed E-state index contributed by atoms with van der Waals surface area (Å²) in [6.45, 7) is 0.286. The van der Waals surface area contributed by atoms with Gasteiger partial charge in [0, 0.05) is 25.1 Å². The van der Waals surface area contributed by atoms with E-state index in [0.29, 0.717) is 24.1 Å². The summed E-state index contributed by atoms with van der Waals surface area (Å²) in [6.07, 6.45) is 0.698. The van der Waals surface area contributed by atoms with Gasteiger partial charge >= 0.3 is 0 Å². The first-order valence-electron chi connectivity index (χ1n) is 8.49. The van der Waals surface area contributed by atoms with E-state index in [1.54, 1.807) is 36.4 Å². The van der Waals surface area contributed by atoms with E-state index in [2.05, 4.69) is 0 Å². The van der Waals surface area contributed by atoms with E-state index in [9.17, 15) is 19.1 Å². The summed E-state index contributed by atoms with van der Waals surface area (Å²) in [5.41, 5.74) is -0.925. The standard InChI is InChI=1S/C20H19ClFNO3/c21-16-10-4-6-14(18(16)22)7-5-11-17(24)20(26)12-13-23(19(20)25)15-8-2-1-3-9-15/h1-4,6,8-10,26H,5,7,11-13H2/t20-/m0/s1. The fourth-order valence-corrected chi connectivity index (χ4v) is 3.40. The number of aryl methyl sites for hydroxylation is 1. The quantitative estimate of drug-likeness (QED) is 0.786. The van der Waals surface area contributed by atoms with E-state index in [1.807, 2.05) is 6.07 Å². The Labute approximate surface area is 156 Å². The third-order valence-corrected chi connectivity index (χ3v) is 5.00. The predicted octanol–water partition coefficient (Wildman–Crippen LogP) is 3.54. The van der Waals surface area contributed by atoms with Gasteiger partial charge in [-0.1, -0.05) is 41.9 Å². The van der Waals surface area contributed by atoms with Crippen LogP contribution in [0.2, 0.25) is 5.02 Å². The van der Waals surface area contributed by atoms with Crippen molar-refractivity contribution < 1.29 is 19.1 Å². The summed E-state index contributed by atoms with van der Waals surface area (Å²) < 4.78 is 13.9. The van der Waals surface area contributed by atoms with Crippen LogP contribution in [0, 0.1) is 5.82 Å². The van der Waals surface area contributed by atoms with Gasteiger partial charge < -0.3 is 10.0 Å². The first-order valence-corrected chi connectivity index (χ1v) is 8.87. The molecule has 1 heterocycles. The third-order valence-electron chi connectivity index (χ3n) is 4.71. The van der Waals surface area contributed by atoms with E-state index in [-0.39, 0.29) is 24.4 Å². The van der Waals surface area contributed by atoms with Crippen LogP contribution < -0.4 is 4.90 Å². The van der Waals surface area contributed by atoms with Crippen molar-refractivity contribution in [3.63, 3.8) is 0 Å². The second kappa shape index (κ2) is 7.56. The first-order chi connectivity index (χ1) is 12.4. The highest BCUT2D eigenvalue weighted by atomic mass is 35.5. The van der Waals surface area contributed by atoms with Crippen LogP contribution in [0.1, 0.15) is 24.8 Å². The summed E-state index contributed by atoms with van der Waals surface area (Å²) in [5, 5.41) is 10.7. The average molecular weight is 376 g/mol. The van der Waals surface area contributed by atoms with Crippen molar-refractivity contribution in [1.29, 1.82) is 0 Å². The maximum Gasteiger partial charge on any atom is 0.266 e. The molecule has 1 N–H and O–H groups in total. The molecule has 4 nitrogen and oxygen atoms in total. The maximum atomic E-state index is 13.9. The Balaban J connectivity index is 1.62. The van der Waals surface area contributed by atoms with Crippen LogP contribution in [0.15, 0.2) is 48.5 Å². The Morgan fingerprint density at radius 1 is 1.19 bits per heavy atom. The molecular formula is C20H19ClFNO3. The molecule has 26 heavy (non-hydrogen) atoms. The van der Waals surface area contributed by atoms with Crippen molar-refractivity contribution in [3.8, 4) is 0 Å². The molecule has 1 amide bonds. The second-order valence-corrected chi connectivity index (χ2v) is 6.80. The number of hydrogen-bond acceptors (Lipinski definition) is 3. The molecule has 1 saturated heterocycles. The van der Waals surface area contributed by atoms with E-state index < -0.39 is 23.1 Å². The number of carbonyl (C=O) groups is 2. The summed E-state index contributed by atoms with van der Waals surface area (Å²) in [7, 11) is 0. The Bertz CT molecular complexity index is 827. The minimum atomic E-state index is -2.00. The number of ketones is 1. The van der Waals surface area contributed by atoms with Crippen LogP contribution in [0.3, 0.4) is 0 Å². The van der Waals surface area contributed by atoms with Crippen molar-refractivity contribution in [2.24, 2.45) is 0 Å². The average Bonchev–Trinajstić information content (AvgIpc) is 2.95. The highest BCUT2D eigenvalue weighted by Crippen LogP contribution is 2.30. The predicted molar refractivity (Wildman–Crippen MR) is 97.7 cm³/mol. The van der Waals surface area contributed by atoms with E-state index in [0.717, 1.165) is 0 Å². The van der Waals surface area contributed by atoms with Gasteiger partial charge in [0.1, 0.15) is 5.82 Å². The molecule has 0 aliphatic carbocycles. The van der Waals surface area contributed by atoms with Crippen molar-refractivity contribution >= 4 is 29.0 Å². The number of halogens is 2. The minimum absolute atomic E-state index is 0.00315. The molecule has 1 fully saturated rings. The topological polar surface area (TPSA) is 57.6 Å². The molecule has 2 aromatic rings. The summed E-state index contributed by atoms with van der Waals surface area (Å²) in [6, 6.07) is 13.7. The molecule has 0 aromatic heterocycles. The lowest BCUT2D eigenvalue weighted by Crippen LogP contribution is -2.46. The number of rotatable bonds is 6. The van der Waals surface area contributed by atoms with Gasteiger partial charge in [0.2, 0.25) is 5.60 Å². The molecule has 3 rings (SSSR count). The molecule has 2 aromatic carbocycles. The number of anilines is 1. The van der Waals surface area contributed by atoms with Gasteiger partial charge in [0.25, 0.3) is 5.91 Å². The first kappa shape index (κ1) is 18.5. The van der Waals surface area contributed by atoms with E-state index in [4.69, 9.17) is 11.6 Å². The molecule has 0 saturated carbocycles. The number of amides is 1. The Morgan fingerprint density at radius 2 is 1.92 bits per heavy atom. The fourth-order valence-electron chi connectivity index (χ4n) is 3.21. The smallest absolute Gasteiger partial charge is 0.266 e. The molecule has 0 bridgehead atoms. The normalized spacial score (nSPS) is 19.8. The maximum absolute atomic E-state index is 13.9. The number of para-hydroxylation sites is 1. The largest absolute Gasteiger partial charge is 0.373 e. The zero-order valence-electron chi connectivity index (χ0n) is 14.1. The lowest BCUT2D eigenvalue weighted by Gasteiger charge is -2.21. The number of Topliss-reactive ketones (excluding diaryl/α,β-unsaturated/α-hetero) is 1. The molecule has 0 unspecified atom stereocenters. The van der Waals surface area contributed by atoms with Gasteiger partial charge in [0.15, 0.2) is 5.78 Å². The number of carbonyl (C=O) groups excluding carboxylic acids is 2. The Kier molecular flexibility index (Phi) is 5.39. The van der Waals surface area contributed by atoms with Gasteiger partial charge in [-0.3, -0.25) is 9.59 Å². The number of nitrogens with zero attached hydrogens (tertiary/aromatic N) is 1. The van der Waals surface area contributed by atoms with Gasteiger partial charge in [-0.2, -0.15) is 0 Å². The number of benzene rings is 2. The second-order valence-electron chi connectivity index (χ2n) is 6.39. The van der Waals surface area contributed by atoms with Crippen LogP contribution in [0.4, 0.5) is 10.1 Å². The fraction of sp³-hybridized carbons (Fsp3) is 0.300. The molecule has 6 heteroatoms. The van der Waals surface area contributed by atoms with Crippen LogP contribution in [-0.2, 0) is 16.0 Å². The van der Waals surface area contributed by atoms with Crippen molar-refractivity contribution in [1.82, 2.24) is 0 Å².